The zero-order valence-corrected chi connectivity index (χ0v) is 11.8. The first-order chi connectivity index (χ1) is 10.1. The molecule has 0 bridgehead atoms. The highest BCUT2D eigenvalue weighted by Crippen LogP contribution is 2.32. The van der Waals surface area contributed by atoms with Crippen molar-refractivity contribution in [1.82, 2.24) is 5.32 Å². The van der Waals surface area contributed by atoms with E-state index >= 15 is 0 Å². The summed E-state index contributed by atoms with van der Waals surface area (Å²) in [6.45, 7) is 1.36. The van der Waals surface area contributed by atoms with E-state index in [0.717, 1.165) is 13.2 Å². The van der Waals surface area contributed by atoms with Crippen LogP contribution in [0.2, 0.25) is 0 Å². The summed E-state index contributed by atoms with van der Waals surface area (Å²) in [7, 11) is 1.03. The van der Waals surface area contributed by atoms with Gasteiger partial charge in [0.2, 0.25) is 0 Å². The van der Waals surface area contributed by atoms with Crippen LogP contribution < -0.4 is 10.6 Å². The smallest absolute Gasteiger partial charge is 0.416 e. The van der Waals surface area contributed by atoms with Crippen molar-refractivity contribution in [3.05, 3.63) is 29.3 Å². The number of alkyl halides is 3. The number of esters is 1. The molecule has 22 heavy (non-hydrogen) atoms. The first-order valence-electron chi connectivity index (χ1n) is 6.17. The summed E-state index contributed by atoms with van der Waals surface area (Å²) >= 11 is 0. The third-order valence-corrected chi connectivity index (χ3v) is 2.50. The van der Waals surface area contributed by atoms with Gasteiger partial charge in [-0.05, 0) is 25.1 Å². The van der Waals surface area contributed by atoms with Gasteiger partial charge in [-0.1, -0.05) is 0 Å². The van der Waals surface area contributed by atoms with E-state index in [1.165, 1.54) is 6.92 Å². The zero-order valence-electron chi connectivity index (χ0n) is 11.8. The molecule has 0 radical (unpaired) electrons. The Balaban J connectivity index is 3.03. The molecule has 0 heterocycles. The topological polar surface area (TPSA) is 87.7 Å². The number of rotatable bonds is 4. The third-order valence-electron chi connectivity index (χ3n) is 2.50. The van der Waals surface area contributed by atoms with E-state index in [2.05, 4.69) is 15.4 Å². The molecule has 0 aliphatic carbocycles. The van der Waals surface area contributed by atoms with E-state index in [0.29, 0.717) is 12.1 Å². The largest absolute Gasteiger partial charge is 0.465 e. The molecule has 0 spiro atoms. The van der Waals surface area contributed by atoms with Crippen molar-refractivity contribution in [1.29, 1.82) is 0 Å². The fourth-order valence-electron chi connectivity index (χ4n) is 1.51. The Bertz CT molecular complexity index is 559. The molecule has 0 unspecified atom stereocenters. The number of anilines is 1. The number of aliphatic hydroxyl groups excluding tert-OH is 1. The monoisotopic (exact) mass is 320 g/mol. The maximum absolute atomic E-state index is 12.8. The van der Waals surface area contributed by atoms with Crippen molar-refractivity contribution in [3.8, 4) is 0 Å². The third kappa shape index (κ3) is 5.24. The van der Waals surface area contributed by atoms with Crippen LogP contribution in [0.15, 0.2) is 18.2 Å². The molecule has 1 aromatic rings. The molecule has 1 aromatic carbocycles. The molecule has 9 heteroatoms. The Kier molecular flexibility index (Phi) is 5.75. The average molecular weight is 320 g/mol. The van der Waals surface area contributed by atoms with Crippen LogP contribution in [-0.2, 0) is 10.9 Å². The quantitative estimate of drug-likeness (QED) is 0.741. The summed E-state index contributed by atoms with van der Waals surface area (Å²) in [4.78, 5) is 22.9. The van der Waals surface area contributed by atoms with Gasteiger partial charge in [-0.15, -0.1) is 0 Å². The Labute approximate surface area is 124 Å². The first kappa shape index (κ1) is 17.8. The Morgan fingerprint density at radius 2 is 1.95 bits per heavy atom. The van der Waals surface area contributed by atoms with E-state index in [1.54, 1.807) is 0 Å². The SMILES string of the molecule is COC(=O)c1cc(NC(=O)NC[C@@H](C)O)cc(C(F)(F)F)c1. The minimum atomic E-state index is -4.68. The molecule has 0 aliphatic rings. The van der Waals surface area contributed by atoms with Crippen LogP contribution in [-0.4, -0.2) is 36.9 Å². The van der Waals surface area contributed by atoms with Crippen molar-refractivity contribution in [2.45, 2.75) is 19.2 Å². The van der Waals surface area contributed by atoms with Crippen molar-refractivity contribution in [2.75, 3.05) is 19.0 Å². The fourth-order valence-corrected chi connectivity index (χ4v) is 1.51. The molecule has 122 valence electrons. The Hall–Kier alpha value is -2.29. The Morgan fingerprint density at radius 3 is 2.45 bits per heavy atom. The van der Waals surface area contributed by atoms with Crippen molar-refractivity contribution < 1.29 is 32.6 Å². The number of hydrogen-bond donors (Lipinski definition) is 3. The van der Waals surface area contributed by atoms with Gasteiger partial charge in [0.05, 0.1) is 24.3 Å². The first-order valence-corrected chi connectivity index (χ1v) is 6.17. The average Bonchev–Trinajstić information content (AvgIpc) is 2.43. The number of halogens is 3. The van der Waals surface area contributed by atoms with Crippen molar-refractivity contribution >= 4 is 17.7 Å². The summed E-state index contributed by atoms with van der Waals surface area (Å²) < 4.78 is 42.8. The molecule has 1 atom stereocenters. The lowest BCUT2D eigenvalue weighted by atomic mass is 10.1. The minimum Gasteiger partial charge on any atom is -0.465 e. The van der Waals surface area contributed by atoms with Crippen LogP contribution in [0, 0.1) is 0 Å². The highest BCUT2D eigenvalue weighted by Gasteiger charge is 2.32. The number of hydrogen-bond acceptors (Lipinski definition) is 4. The molecule has 6 nitrogen and oxygen atoms in total. The zero-order chi connectivity index (χ0) is 16.9. The number of carbonyl (C=O) groups is 2. The number of methoxy groups -OCH3 is 1. The molecule has 0 aliphatic heterocycles. The highest BCUT2D eigenvalue weighted by molar-refractivity contribution is 5.94. The van der Waals surface area contributed by atoms with Crippen molar-refractivity contribution in [2.24, 2.45) is 0 Å². The molecule has 0 aromatic heterocycles. The summed E-state index contributed by atoms with van der Waals surface area (Å²) in [6.07, 6.45) is -5.49. The van der Waals surface area contributed by atoms with E-state index in [4.69, 9.17) is 5.11 Å². The second kappa shape index (κ2) is 7.12. The van der Waals surface area contributed by atoms with Gasteiger partial charge in [0.1, 0.15) is 0 Å². The van der Waals surface area contributed by atoms with E-state index in [9.17, 15) is 22.8 Å². The van der Waals surface area contributed by atoms with E-state index in [-0.39, 0.29) is 17.8 Å². The van der Waals surface area contributed by atoms with Gasteiger partial charge in [-0.25, -0.2) is 9.59 Å². The molecule has 3 N–H and O–H groups in total. The summed E-state index contributed by atoms with van der Waals surface area (Å²) in [6, 6.07) is 1.57. The molecule has 0 fully saturated rings. The van der Waals surface area contributed by atoms with Gasteiger partial charge in [0.25, 0.3) is 0 Å². The summed E-state index contributed by atoms with van der Waals surface area (Å²) in [5.74, 6) is -0.960. The number of amides is 2. The Morgan fingerprint density at radius 1 is 1.32 bits per heavy atom. The normalized spacial score (nSPS) is 12.5. The molecular weight excluding hydrogens is 305 g/mol. The minimum absolute atomic E-state index is 0.0747. The molecular formula is C13H15F3N2O4. The second-order valence-electron chi connectivity index (χ2n) is 4.47. The molecule has 2 amide bonds. The number of urea groups is 1. The number of nitrogens with one attached hydrogen (secondary N) is 2. The van der Waals surface area contributed by atoms with Crippen LogP contribution in [0.1, 0.15) is 22.8 Å². The molecule has 0 saturated heterocycles. The predicted octanol–water partition coefficient (Wildman–Crippen LogP) is 1.99. The lowest BCUT2D eigenvalue weighted by molar-refractivity contribution is -0.137. The van der Waals surface area contributed by atoms with Gasteiger partial charge in [0, 0.05) is 12.2 Å². The van der Waals surface area contributed by atoms with Crippen LogP contribution in [0.25, 0.3) is 0 Å². The fraction of sp³-hybridized carbons (Fsp3) is 0.385. The predicted molar refractivity (Wildman–Crippen MR) is 71.5 cm³/mol. The standard InChI is InChI=1S/C13H15F3N2O4/c1-7(19)6-17-12(21)18-10-4-8(11(20)22-2)3-9(5-10)13(14,15)16/h3-5,7,19H,6H2,1-2H3,(H2,17,18,21)/t7-/m1/s1. The van der Waals surface area contributed by atoms with Crippen LogP contribution >= 0.6 is 0 Å². The van der Waals surface area contributed by atoms with Gasteiger partial charge in [0.15, 0.2) is 0 Å². The second-order valence-corrected chi connectivity index (χ2v) is 4.47. The number of aliphatic hydroxyl groups is 1. The number of ether oxygens (including phenoxy) is 1. The lowest BCUT2D eigenvalue weighted by Crippen LogP contribution is -2.34. The van der Waals surface area contributed by atoms with Gasteiger partial charge in [-0.3, -0.25) is 0 Å². The summed E-state index contributed by atoms with van der Waals surface area (Å²) in [5, 5.41) is 13.4. The van der Waals surface area contributed by atoms with Gasteiger partial charge in [-0.2, -0.15) is 13.2 Å². The van der Waals surface area contributed by atoms with E-state index in [1.807, 2.05) is 0 Å². The lowest BCUT2D eigenvalue weighted by Gasteiger charge is -2.13. The maximum atomic E-state index is 12.8. The molecule has 1 rings (SSSR count). The number of benzene rings is 1. The summed E-state index contributed by atoms with van der Waals surface area (Å²) in [5.41, 5.74) is -1.66. The van der Waals surface area contributed by atoms with Crippen LogP contribution in [0.3, 0.4) is 0 Å². The maximum Gasteiger partial charge on any atom is 0.416 e. The number of carbonyl (C=O) groups excluding carboxylic acids is 2. The van der Waals surface area contributed by atoms with Gasteiger partial charge >= 0.3 is 18.2 Å². The highest BCUT2D eigenvalue weighted by atomic mass is 19.4. The van der Waals surface area contributed by atoms with E-state index < -0.39 is 29.8 Å². The van der Waals surface area contributed by atoms with Crippen LogP contribution in [0.5, 0.6) is 0 Å². The van der Waals surface area contributed by atoms with Crippen LogP contribution in [0.4, 0.5) is 23.7 Å². The van der Waals surface area contributed by atoms with Gasteiger partial charge < -0.3 is 20.5 Å². The van der Waals surface area contributed by atoms with Crippen molar-refractivity contribution in [3.63, 3.8) is 0 Å². The molecule has 0 saturated carbocycles.